The molecule has 0 atom stereocenters. The summed E-state index contributed by atoms with van der Waals surface area (Å²) in [5.74, 6) is 1.15. The zero-order valence-electron chi connectivity index (χ0n) is 13.5. The number of halogens is 1. The van der Waals surface area contributed by atoms with Gasteiger partial charge in [0.2, 0.25) is 6.79 Å². The third-order valence-corrected chi connectivity index (χ3v) is 3.74. The molecule has 0 bridgehead atoms. The zero-order valence-corrected chi connectivity index (χ0v) is 14.3. The number of rotatable bonds is 3. The third-order valence-electron chi connectivity index (χ3n) is 3.46. The minimum absolute atomic E-state index is 0.113. The monoisotopic (exact) mass is 362 g/mol. The minimum atomic E-state index is -0.500. The molecule has 2 N–H and O–H groups in total. The molecule has 3 rings (SSSR count). The van der Waals surface area contributed by atoms with Gasteiger partial charge in [-0.3, -0.25) is 20.4 Å². The van der Waals surface area contributed by atoms with Crippen LogP contribution in [0.15, 0.2) is 28.7 Å². The number of aryl methyl sites for hydroxylation is 2. The number of carbonyl (C=O) groups is 2. The van der Waals surface area contributed by atoms with Gasteiger partial charge in [-0.05, 0) is 43.7 Å². The quantitative estimate of drug-likeness (QED) is 0.647. The predicted octanol–water partition coefficient (Wildman–Crippen LogP) is 2.75. The van der Waals surface area contributed by atoms with Gasteiger partial charge in [-0.2, -0.15) is 0 Å². The predicted molar refractivity (Wildman–Crippen MR) is 90.4 cm³/mol. The number of benzene rings is 1. The smallest absolute Gasteiger partial charge is 0.273 e. The van der Waals surface area contributed by atoms with E-state index in [1.54, 1.807) is 38.1 Å². The first kappa shape index (κ1) is 16.9. The summed E-state index contributed by atoms with van der Waals surface area (Å²) in [5, 5.41) is 0.397. The van der Waals surface area contributed by atoms with Crippen molar-refractivity contribution in [2.75, 3.05) is 6.79 Å². The summed E-state index contributed by atoms with van der Waals surface area (Å²) >= 11 is 6.07. The summed E-state index contributed by atoms with van der Waals surface area (Å²) in [6.07, 6.45) is 2.81. The van der Waals surface area contributed by atoms with Gasteiger partial charge >= 0.3 is 0 Å². The number of nitrogens with one attached hydrogen (secondary N) is 2. The Kier molecular flexibility index (Phi) is 4.67. The molecule has 1 aliphatic heterocycles. The lowest BCUT2D eigenvalue weighted by Crippen LogP contribution is -2.40. The Hall–Kier alpha value is -2.93. The molecule has 0 saturated heterocycles. The highest BCUT2D eigenvalue weighted by Gasteiger charge is 2.17. The third kappa shape index (κ3) is 3.77. The van der Waals surface area contributed by atoms with Crippen molar-refractivity contribution >= 4 is 29.5 Å². The Balaban J connectivity index is 1.59. The number of hydrazine groups is 1. The second-order valence-corrected chi connectivity index (χ2v) is 5.75. The molecule has 130 valence electrons. The molecule has 7 nitrogen and oxygen atoms in total. The molecule has 0 spiro atoms. The Labute approximate surface area is 148 Å². The SMILES string of the molecule is Cc1cc(C(=O)NNC(=O)/C=C/c2cc(Cl)c3c(c2)OCO3)c(C)o1. The van der Waals surface area contributed by atoms with Crippen LogP contribution in [0.25, 0.3) is 6.08 Å². The van der Waals surface area contributed by atoms with Crippen LogP contribution in [-0.2, 0) is 4.79 Å². The Morgan fingerprint density at radius 2 is 1.96 bits per heavy atom. The molecule has 1 aromatic carbocycles. The summed E-state index contributed by atoms with van der Waals surface area (Å²) in [7, 11) is 0. The second-order valence-electron chi connectivity index (χ2n) is 5.34. The van der Waals surface area contributed by atoms with Crippen molar-refractivity contribution in [2.45, 2.75) is 13.8 Å². The molecule has 2 aromatic rings. The fraction of sp³-hybridized carbons (Fsp3) is 0.176. The number of hydrogen-bond acceptors (Lipinski definition) is 5. The van der Waals surface area contributed by atoms with Gasteiger partial charge in [0.15, 0.2) is 11.5 Å². The summed E-state index contributed by atoms with van der Waals surface area (Å²) < 4.78 is 15.7. The van der Waals surface area contributed by atoms with Crippen LogP contribution in [0, 0.1) is 13.8 Å². The molecule has 0 fully saturated rings. The molecule has 1 aliphatic rings. The van der Waals surface area contributed by atoms with E-state index in [0.29, 0.717) is 39.2 Å². The summed E-state index contributed by atoms with van der Waals surface area (Å²) in [6.45, 7) is 3.52. The van der Waals surface area contributed by atoms with E-state index in [0.717, 1.165) is 0 Å². The average Bonchev–Trinajstić information content (AvgIpc) is 3.17. The summed E-state index contributed by atoms with van der Waals surface area (Å²) in [6, 6.07) is 4.95. The molecule has 8 heteroatoms. The van der Waals surface area contributed by atoms with Crippen LogP contribution in [0.3, 0.4) is 0 Å². The second kappa shape index (κ2) is 6.90. The Bertz CT molecular complexity index is 872. The maximum Gasteiger partial charge on any atom is 0.273 e. The normalized spacial score (nSPS) is 12.4. The molecule has 1 aromatic heterocycles. The number of fused-ring (bicyclic) bond motifs is 1. The van der Waals surface area contributed by atoms with E-state index >= 15 is 0 Å². The fourth-order valence-corrected chi connectivity index (χ4v) is 2.61. The van der Waals surface area contributed by atoms with Gasteiger partial charge in [0.1, 0.15) is 11.5 Å². The number of carbonyl (C=O) groups excluding carboxylic acids is 2. The van der Waals surface area contributed by atoms with Crippen molar-refractivity contribution in [1.82, 2.24) is 10.9 Å². The van der Waals surface area contributed by atoms with E-state index in [2.05, 4.69) is 10.9 Å². The maximum atomic E-state index is 12.0. The van der Waals surface area contributed by atoms with E-state index in [-0.39, 0.29) is 6.79 Å². The van der Waals surface area contributed by atoms with Crippen LogP contribution in [0.1, 0.15) is 27.4 Å². The molecule has 0 saturated carbocycles. The van der Waals surface area contributed by atoms with Crippen LogP contribution >= 0.6 is 11.6 Å². The van der Waals surface area contributed by atoms with Crippen LogP contribution in [-0.4, -0.2) is 18.6 Å². The van der Waals surface area contributed by atoms with Gasteiger partial charge < -0.3 is 13.9 Å². The summed E-state index contributed by atoms with van der Waals surface area (Å²) in [5.41, 5.74) is 5.65. The maximum absolute atomic E-state index is 12.0. The summed E-state index contributed by atoms with van der Waals surface area (Å²) in [4.78, 5) is 23.8. The topological polar surface area (TPSA) is 89.8 Å². The lowest BCUT2D eigenvalue weighted by Gasteiger charge is -2.04. The first-order valence-corrected chi connectivity index (χ1v) is 7.76. The van der Waals surface area contributed by atoms with Gasteiger partial charge in [-0.1, -0.05) is 11.6 Å². The highest BCUT2D eigenvalue weighted by molar-refractivity contribution is 6.32. The zero-order chi connectivity index (χ0) is 18.0. The standard InChI is InChI=1S/C17H15ClN2O5/c1-9-5-12(10(2)25-9)17(22)20-19-15(21)4-3-11-6-13(18)16-14(7-11)23-8-24-16/h3-7H,8H2,1-2H3,(H,19,21)(H,20,22)/b4-3+. The van der Waals surface area contributed by atoms with E-state index in [1.165, 1.54) is 6.08 Å². The van der Waals surface area contributed by atoms with Crippen molar-refractivity contribution in [3.05, 3.63) is 51.9 Å². The highest BCUT2D eigenvalue weighted by Crippen LogP contribution is 2.40. The number of hydrogen-bond donors (Lipinski definition) is 2. The molecule has 25 heavy (non-hydrogen) atoms. The molecular weight excluding hydrogens is 348 g/mol. The Morgan fingerprint density at radius 1 is 1.16 bits per heavy atom. The molecule has 2 amide bonds. The van der Waals surface area contributed by atoms with Crippen LogP contribution in [0.5, 0.6) is 11.5 Å². The lowest BCUT2D eigenvalue weighted by atomic mass is 10.2. The molecule has 0 aliphatic carbocycles. The van der Waals surface area contributed by atoms with Crippen LogP contribution in [0.4, 0.5) is 0 Å². The van der Waals surface area contributed by atoms with Crippen LogP contribution < -0.4 is 20.3 Å². The largest absolute Gasteiger partial charge is 0.466 e. The minimum Gasteiger partial charge on any atom is -0.466 e. The Morgan fingerprint density at radius 3 is 2.68 bits per heavy atom. The number of ether oxygens (including phenoxy) is 2. The van der Waals surface area contributed by atoms with Crippen molar-refractivity contribution in [1.29, 1.82) is 0 Å². The van der Waals surface area contributed by atoms with Gasteiger partial charge in [0, 0.05) is 6.08 Å². The number of amides is 2. The molecule has 2 heterocycles. The fourth-order valence-electron chi connectivity index (χ4n) is 2.34. The average molecular weight is 363 g/mol. The highest BCUT2D eigenvalue weighted by atomic mass is 35.5. The van der Waals surface area contributed by atoms with Crippen molar-refractivity contribution in [3.8, 4) is 11.5 Å². The van der Waals surface area contributed by atoms with Gasteiger partial charge in [0.25, 0.3) is 11.8 Å². The van der Waals surface area contributed by atoms with Crippen LogP contribution in [0.2, 0.25) is 5.02 Å². The molecule has 0 radical (unpaired) electrons. The van der Waals surface area contributed by atoms with Gasteiger partial charge in [-0.15, -0.1) is 0 Å². The van der Waals surface area contributed by atoms with E-state index in [9.17, 15) is 9.59 Å². The lowest BCUT2D eigenvalue weighted by molar-refractivity contribution is -0.117. The van der Waals surface area contributed by atoms with Gasteiger partial charge in [-0.25, -0.2) is 0 Å². The van der Waals surface area contributed by atoms with E-state index < -0.39 is 11.8 Å². The first-order valence-electron chi connectivity index (χ1n) is 7.38. The van der Waals surface area contributed by atoms with E-state index in [1.807, 2.05) is 0 Å². The molecular formula is C17H15ClN2O5. The molecule has 0 unspecified atom stereocenters. The van der Waals surface area contributed by atoms with Gasteiger partial charge in [0.05, 0.1) is 10.6 Å². The number of furan rings is 1. The van der Waals surface area contributed by atoms with E-state index in [4.69, 9.17) is 25.5 Å². The first-order chi connectivity index (χ1) is 11.9. The van der Waals surface area contributed by atoms with Crippen molar-refractivity contribution < 1.29 is 23.5 Å². The van der Waals surface area contributed by atoms with Crippen molar-refractivity contribution in [3.63, 3.8) is 0 Å². The van der Waals surface area contributed by atoms with Crippen molar-refractivity contribution in [2.24, 2.45) is 0 Å².